The molecule has 1 aromatic rings. The number of carbonyl (C=O) groups is 1. The van der Waals surface area contributed by atoms with Crippen LogP contribution in [0.3, 0.4) is 0 Å². The third-order valence-electron chi connectivity index (χ3n) is 3.38. The molecule has 1 unspecified atom stereocenters. The van der Waals surface area contributed by atoms with Crippen molar-refractivity contribution in [1.82, 2.24) is 0 Å². The molecule has 0 amide bonds. The van der Waals surface area contributed by atoms with Crippen LogP contribution in [0.2, 0.25) is 0 Å². The van der Waals surface area contributed by atoms with Crippen LogP contribution >= 0.6 is 15.9 Å². The molecule has 1 aliphatic rings. The van der Waals surface area contributed by atoms with Gasteiger partial charge < -0.3 is 15.2 Å². The normalized spacial score (nSPS) is 17.6. The molecule has 2 N–H and O–H groups in total. The van der Waals surface area contributed by atoms with Crippen molar-refractivity contribution < 1.29 is 18.7 Å². The summed E-state index contributed by atoms with van der Waals surface area (Å²) >= 11 is 3.07. The molecule has 2 rings (SSSR count). The number of ether oxygens (including phenoxy) is 2. The van der Waals surface area contributed by atoms with Crippen LogP contribution in [0.4, 0.5) is 4.39 Å². The Kier molecular flexibility index (Phi) is 5.06. The Labute approximate surface area is 141 Å². The Morgan fingerprint density at radius 3 is 2.83 bits per heavy atom. The predicted molar refractivity (Wildman–Crippen MR) is 84.1 cm³/mol. The summed E-state index contributed by atoms with van der Waals surface area (Å²) in [5.74, 6) is -1.85. The van der Waals surface area contributed by atoms with E-state index in [4.69, 9.17) is 15.2 Å². The maximum atomic E-state index is 13.9. The number of esters is 1. The number of nitriles is 1. The van der Waals surface area contributed by atoms with E-state index >= 15 is 0 Å². The maximum Gasteiger partial charge on any atom is 0.338 e. The molecule has 1 aromatic carbocycles. The summed E-state index contributed by atoms with van der Waals surface area (Å²) in [6, 6.07) is 6.30. The fourth-order valence-electron chi connectivity index (χ4n) is 2.38. The van der Waals surface area contributed by atoms with Crippen LogP contribution in [-0.2, 0) is 14.3 Å². The molecule has 23 heavy (non-hydrogen) atoms. The summed E-state index contributed by atoms with van der Waals surface area (Å²) in [5, 5.41) is 9.39. The van der Waals surface area contributed by atoms with E-state index in [0.717, 1.165) is 0 Å². The van der Waals surface area contributed by atoms with E-state index in [-0.39, 0.29) is 33.9 Å². The molecule has 0 aliphatic carbocycles. The largest absolute Gasteiger partial charge is 0.463 e. The lowest BCUT2D eigenvalue weighted by atomic mass is 9.83. The highest BCUT2D eigenvalue weighted by Crippen LogP contribution is 2.40. The molecular formula is C16H14BrFN2O3. The quantitative estimate of drug-likeness (QED) is 0.813. The van der Waals surface area contributed by atoms with E-state index in [1.165, 1.54) is 12.1 Å². The number of allylic oxidation sites excluding steroid dienone is 2. The molecule has 120 valence electrons. The van der Waals surface area contributed by atoms with Gasteiger partial charge in [-0.05, 0) is 47.5 Å². The Bertz CT molecular complexity index is 765. The Morgan fingerprint density at radius 2 is 2.26 bits per heavy atom. The Hall–Kier alpha value is -2.33. The zero-order valence-corrected chi connectivity index (χ0v) is 14.1. The standard InChI is InChI=1S/C16H14BrFN2O3/c1-3-22-16(21)13-8(2)23-15(20)10(7-19)14(13)9-4-5-11(17)12(18)6-9/h4-6,14H,3,20H2,1-2H3. The van der Waals surface area contributed by atoms with Crippen molar-refractivity contribution >= 4 is 21.9 Å². The second-order valence-electron chi connectivity index (χ2n) is 4.79. The van der Waals surface area contributed by atoms with Crippen molar-refractivity contribution in [1.29, 1.82) is 5.26 Å². The summed E-state index contributed by atoms with van der Waals surface area (Å²) in [4.78, 5) is 12.3. The van der Waals surface area contributed by atoms with E-state index in [1.807, 2.05) is 6.07 Å². The molecule has 0 spiro atoms. The number of rotatable bonds is 3. The minimum absolute atomic E-state index is 0.0420. The number of hydrogen-bond acceptors (Lipinski definition) is 5. The van der Waals surface area contributed by atoms with Crippen LogP contribution in [-0.4, -0.2) is 12.6 Å². The minimum Gasteiger partial charge on any atom is -0.463 e. The van der Waals surface area contributed by atoms with Crippen LogP contribution in [0, 0.1) is 17.1 Å². The molecule has 0 aromatic heterocycles. The highest BCUT2D eigenvalue weighted by molar-refractivity contribution is 9.10. The molecule has 0 saturated carbocycles. The summed E-state index contributed by atoms with van der Waals surface area (Å²) in [6.45, 7) is 3.38. The fourth-order valence-corrected chi connectivity index (χ4v) is 2.63. The van der Waals surface area contributed by atoms with Crippen molar-refractivity contribution in [3.8, 4) is 6.07 Å². The molecule has 0 radical (unpaired) electrons. The van der Waals surface area contributed by atoms with Crippen LogP contribution in [0.15, 0.2) is 45.5 Å². The van der Waals surface area contributed by atoms with Gasteiger partial charge >= 0.3 is 5.97 Å². The third kappa shape index (κ3) is 3.22. The molecule has 0 fully saturated rings. The average molecular weight is 381 g/mol. The average Bonchev–Trinajstić information content (AvgIpc) is 2.49. The van der Waals surface area contributed by atoms with Gasteiger partial charge in [-0.2, -0.15) is 5.26 Å². The van der Waals surface area contributed by atoms with Gasteiger partial charge in [-0.3, -0.25) is 0 Å². The molecule has 0 saturated heterocycles. The van der Waals surface area contributed by atoms with Crippen molar-refractivity contribution in [3.63, 3.8) is 0 Å². The Balaban J connectivity index is 2.64. The van der Waals surface area contributed by atoms with Crippen LogP contribution in [0.1, 0.15) is 25.3 Å². The topological polar surface area (TPSA) is 85.3 Å². The third-order valence-corrected chi connectivity index (χ3v) is 4.02. The van der Waals surface area contributed by atoms with Crippen molar-refractivity contribution in [2.24, 2.45) is 5.73 Å². The lowest BCUT2D eigenvalue weighted by Crippen LogP contribution is -2.25. The van der Waals surface area contributed by atoms with Gasteiger partial charge in [0.05, 0.1) is 22.6 Å². The van der Waals surface area contributed by atoms with E-state index in [2.05, 4.69) is 15.9 Å². The highest BCUT2D eigenvalue weighted by atomic mass is 79.9. The molecule has 7 heteroatoms. The molecular weight excluding hydrogens is 367 g/mol. The number of halogens is 2. The predicted octanol–water partition coefficient (Wildman–Crippen LogP) is 3.23. The summed E-state index contributed by atoms with van der Waals surface area (Å²) in [6.07, 6.45) is 0. The van der Waals surface area contributed by atoms with E-state index in [0.29, 0.717) is 5.56 Å². The summed E-state index contributed by atoms with van der Waals surface area (Å²) < 4.78 is 24.5. The zero-order chi connectivity index (χ0) is 17.1. The van der Waals surface area contributed by atoms with Gasteiger partial charge in [0.15, 0.2) is 0 Å². The number of nitrogens with zero attached hydrogens (tertiary/aromatic N) is 1. The van der Waals surface area contributed by atoms with Gasteiger partial charge in [0.25, 0.3) is 0 Å². The van der Waals surface area contributed by atoms with Gasteiger partial charge in [-0.15, -0.1) is 0 Å². The number of nitrogens with two attached hydrogens (primary N) is 1. The lowest BCUT2D eigenvalue weighted by molar-refractivity contribution is -0.139. The smallest absolute Gasteiger partial charge is 0.338 e. The zero-order valence-electron chi connectivity index (χ0n) is 12.5. The van der Waals surface area contributed by atoms with Gasteiger partial charge in [-0.25, -0.2) is 9.18 Å². The summed E-state index contributed by atoms with van der Waals surface area (Å²) in [7, 11) is 0. The second-order valence-corrected chi connectivity index (χ2v) is 5.64. The van der Waals surface area contributed by atoms with Crippen LogP contribution in [0.25, 0.3) is 0 Å². The monoisotopic (exact) mass is 380 g/mol. The first kappa shape index (κ1) is 17.0. The molecule has 5 nitrogen and oxygen atoms in total. The van der Waals surface area contributed by atoms with E-state index in [9.17, 15) is 14.4 Å². The van der Waals surface area contributed by atoms with Crippen LogP contribution in [0.5, 0.6) is 0 Å². The highest BCUT2D eigenvalue weighted by Gasteiger charge is 2.36. The first-order valence-electron chi connectivity index (χ1n) is 6.81. The second kappa shape index (κ2) is 6.84. The molecule has 1 aliphatic heterocycles. The number of hydrogen-bond donors (Lipinski definition) is 1. The molecule has 1 heterocycles. The first-order valence-corrected chi connectivity index (χ1v) is 7.60. The van der Waals surface area contributed by atoms with Crippen molar-refractivity contribution in [2.45, 2.75) is 19.8 Å². The van der Waals surface area contributed by atoms with Crippen LogP contribution < -0.4 is 5.73 Å². The van der Waals surface area contributed by atoms with Crippen molar-refractivity contribution in [3.05, 3.63) is 56.8 Å². The van der Waals surface area contributed by atoms with Crippen molar-refractivity contribution in [2.75, 3.05) is 6.61 Å². The fraction of sp³-hybridized carbons (Fsp3) is 0.250. The Morgan fingerprint density at radius 1 is 1.57 bits per heavy atom. The van der Waals surface area contributed by atoms with E-state index in [1.54, 1.807) is 19.9 Å². The molecule has 0 bridgehead atoms. The summed E-state index contributed by atoms with van der Waals surface area (Å²) in [5.41, 5.74) is 6.35. The van der Waals surface area contributed by atoms with E-state index < -0.39 is 17.7 Å². The number of carbonyl (C=O) groups excluding carboxylic acids is 1. The van der Waals surface area contributed by atoms with Gasteiger partial charge in [0.1, 0.15) is 23.2 Å². The SMILES string of the molecule is CCOC(=O)C1=C(C)OC(N)=C(C#N)C1c1ccc(Br)c(F)c1. The van der Waals surface area contributed by atoms with Gasteiger partial charge in [0, 0.05) is 0 Å². The molecule has 1 atom stereocenters. The first-order chi connectivity index (χ1) is 10.9. The van der Waals surface area contributed by atoms with Gasteiger partial charge in [-0.1, -0.05) is 6.07 Å². The lowest BCUT2D eigenvalue weighted by Gasteiger charge is -2.26. The minimum atomic E-state index is -0.838. The van der Waals surface area contributed by atoms with Gasteiger partial charge in [0.2, 0.25) is 5.88 Å². The number of benzene rings is 1. The maximum absolute atomic E-state index is 13.9.